The number of benzene rings is 1. The van der Waals surface area contributed by atoms with Crippen molar-refractivity contribution in [3.05, 3.63) is 54.7 Å². The summed E-state index contributed by atoms with van der Waals surface area (Å²) < 4.78 is 10.8. The number of nitrogens with zero attached hydrogens (tertiary/aromatic N) is 1. The number of para-hydroxylation sites is 1. The summed E-state index contributed by atoms with van der Waals surface area (Å²) >= 11 is 0. The van der Waals surface area contributed by atoms with Gasteiger partial charge in [-0.15, -0.1) is 0 Å². The average Bonchev–Trinajstić information content (AvgIpc) is 2.45. The van der Waals surface area contributed by atoms with Gasteiger partial charge in [0.15, 0.2) is 0 Å². The molecule has 2 rings (SSSR count). The van der Waals surface area contributed by atoms with E-state index in [9.17, 15) is 4.79 Å². The van der Waals surface area contributed by atoms with Gasteiger partial charge in [-0.1, -0.05) is 24.3 Å². The van der Waals surface area contributed by atoms with Crippen LogP contribution in [0.3, 0.4) is 0 Å². The molecule has 0 saturated heterocycles. The van der Waals surface area contributed by atoms with Crippen molar-refractivity contribution in [2.24, 2.45) is 5.73 Å². The van der Waals surface area contributed by atoms with Crippen molar-refractivity contribution in [1.82, 2.24) is 4.98 Å². The Balaban J connectivity index is 1.95. The fourth-order valence-corrected chi connectivity index (χ4v) is 1.43. The second kappa shape index (κ2) is 6.39. The third kappa shape index (κ3) is 3.99. The molecule has 0 bridgehead atoms. The number of hydrogen-bond acceptors (Lipinski definition) is 4. The average molecular weight is 258 g/mol. The molecule has 0 saturated carbocycles. The fourth-order valence-electron chi connectivity index (χ4n) is 1.43. The largest absolute Gasteiger partial charge is 0.489 e. The van der Waals surface area contributed by atoms with E-state index in [-0.39, 0.29) is 6.61 Å². The topological polar surface area (TPSA) is 74.4 Å². The molecule has 2 N–H and O–H groups in total. The van der Waals surface area contributed by atoms with E-state index in [2.05, 4.69) is 4.98 Å². The molecule has 5 heteroatoms. The zero-order valence-corrected chi connectivity index (χ0v) is 10.2. The van der Waals surface area contributed by atoms with Gasteiger partial charge in [-0.05, 0) is 18.2 Å². The summed E-state index contributed by atoms with van der Waals surface area (Å²) in [6.45, 7) is 0.0376. The highest BCUT2D eigenvalue weighted by Crippen LogP contribution is 2.11. The molecule has 0 aliphatic rings. The lowest BCUT2D eigenvalue weighted by atomic mass is 10.3. The van der Waals surface area contributed by atoms with Gasteiger partial charge in [0.05, 0.1) is 0 Å². The predicted molar refractivity (Wildman–Crippen MR) is 69.8 cm³/mol. The van der Waals surface area contributed by atoms with Crippen LogP contribution in [-0.4, -0.2) is 23.6 Å². The third-order valence-corrected chi connectivity index (χ3v) is 2.36. The predicted octanol–water partition coefficient (Wildman–Crippen LogP) is 1.39. The van der Waals surface area contributed by atoms with Gasteiger partial charge in [-0.3, -0.25) is 4.79 Å². The van der Waals surface area contributed by atoms with Gasteiger partial charge in [0.1, 0.15) is 12.4 Å². The van der Waals surface area contributed by atoms with Crippen LogP contribution < -0.4 is 15.2 Å². The first kappa shape index (κ1) is 12.9. The minimum atomic E-state index is -0.880. The Morgan fingerprint density at radius 2 is 1.89 bits per heavy atom. The summed E-state index contributed by atoms with van der Waals surface area (Å²) in [5, 5.41) is 0. The van der Waals surface area contributed by atoms with Gasteiger partial charge in [-0.2, -0.15) is 0 Å². The summed E-state index contributed by atoms with van der Waals surface area (Å²) in [5.41, 5.74) is 5.28. The van der Waals surface area contributed by atoms with E-state index in [0.717, 1.165) is 0 Å². The molecule has 0 spiro atoms. The molecule has 1 heterocycles. The molecule has 1 aromatic carbocycles. The maximum atomic E-state index is 11.3. The second-order valence-corrected chi connectivity index (χ2v) is 3.80. The van der Waals surface area contributed by atoms with Gasteiger partial charge >= 0.3 is 0 Å². The van der Waals surface area contributed by atoms with E-state index in [4.69, 9.17) is 15.2 Å². The molecular weight excluding hydrogens is 244 g/mol. The number of hydrogen-bond donors (Lipinski definition) is 1. The van der Waals surface area contributed by atoms with Crippen molar-refractivity contribution in [3.8, 4) is 11.6 Å². The fraction of sp³-hybridized carbons (Fsp3) is 0.143. The highest BCUT2D eigenvalue weighted by molar-refractivity contribution is 5.79. The first-order chi connectivity index (χ1) is 9.25. The number of primary amides is 1. The van der Waals surface area contributed by atoms with Crippen molar-refractivity contribution in [3.63, 3.8) is 0 Å². The first-order valence-corrected chi connectivity index (χ1v) is 5.80. The smallest absolute Gasteiger partial charge is 0.262 e. The Hall–Kier alpha value is -2.56. The van der Waals surface area contributed by atoms with Crippen molar-refractivity contribution >= 4 is 5.91 Å². The number of ether oxygens (including phenoxy) is 2. The van der Waals surface area contributed by atoms with Crippen molar-refractivity contribution in [2.45, 2.75) is 6.10 Å². The van der Waals surface area contributed by atoms with Crippen LogP contribution >= 0.6 is 0 Å². The number of nitrogens with two attached hydrogens (primary N) is 1. The number of carbonyl (C=O) groups excluding carboxylic acids is 1. The SMILES string of the molecule is NC(=O)C(COc1ccccc1)Oc1ccccn1. The monoisotopic (exact) mass is 258 g/mol. The molecule has 1 amide bonds. The van der Waals surface area contributed by atoms with E-state index in [1.807, 2.05) is 18.2 Å². The van der Waals surface area contributed by atoms with Gasteiger partial charge < -0.3 is 15.2 Å². The number of rotatable bonds is 6. The number of aromatic nitrogens is 1. The Kier molecular flexibility index (Phi) is 4.34. The lowest BCUT2D eigenvalue weighted by molar-refractivity contribution is -0.126. The van der Waals surface area contributed by atoms with Gasteiger partial charge in [0, 0.05) is 12.3 Å². The molecule has 2 aromatic rings. The van der Waals surface area contributed by atoms with E-state index in [0.29, 0.717) is 11.6 Å². The highest BCUT2D eigenvalue weighted by Gasteiger charge is 2.18. The Labute approximate surface area is 111 Å². The minimum Gasteiger partial charge on any atom is -0.489 e. The molecule has 1 aromatic heterocycles. The van der Waals surface area contributed by atoms with Crippen LogP contribution in [0.25, 0.3) is 0 Å². The Bertz CT molecular complexity index is 517. The molecule has 0 fully saturated rings. The molecule has 0 aliphatic carbocycles. The summed E-state index contributed by atoms with van der Waals surface area (Å²) in [5.74, 6) is 0.392. The molecule has 5 nitrogen and oxygen atoms in total. The number of carbonyl (C=O) groups is 1. The molecule has 1 atom stereocenters. The van der Waals surface area contributed by atoms with E-state index >= 15 is 0 Å². The summed E-state index contributed by atoms with van der Waals surface area (Å²) in [6, 6.07) is 14.3. The maximum absolute atomic E-state index is 11.3. The van der Waals surface area contributed by atoms with Crippen LogP contribution in [0.5, 0.6) is 11.6 Å². The third-order valence-electron chi connectivity index (χ3n) is 2.36. The minimum absolute atomic E-state index is 0.0376. The lowest BCUT2D eigenvalue weighted by Crippen LogP contribution is -2.38. The highest BCUT2D eigenvalue weighted by atomic mass is 16.5. The van der Waals surface area contributed by atoms with Crippen LogP contribution in [0.2, 0.25) is 0 Å². The quantitative estimate of drug-likeness (QED) is 0.849. The van der Waals surface area contributed by atoms with Crippen LogP contribution in [-0.2, 0) is 4.79 Å². The van der Waals surface area contributed by atoms with Crippen molar-refractivity contribution < 1.29 is 14.3 Å². The van der Waals surface area contributed by atoms with E-state index in [1.54, 1.807) is 36.5 Å². The first-order valence-electron chi connectivity index (χ1n) is 5.80. The van der Waals surface area contributed by atoms with Gasteiger partial charge in [0.2, 0.25) is 12.0 Å². The van der Waals surface area contributed by atoms with E-state index < -0.39 is 12.0 Å². The molecule has 1 unspecified atom stereocenters. The Morgan fingerprint density at radius 3 is 2.53 bits per heavy atom. The van der Waals surface area contributed by atoms with Crippen molar-refractivity contribution in [2.75, 3.05) is 6.61 Å². The summed E-state index contributed by atoms with van der Waals surface area (Å²) in [6.07, 6.45) is 0.695. The van der Waals surface area contributed by atoms with E-state index in [1.165, 1.54) is 0 Å². The normalized spacial score (nSPS) is 11.6. The number of amides is 1. The zero-order chi connectivity index (χ0) is 13.5. The van der Waals surface area contributed by atoms with Gasteiger partial charge in [0.25, 0.3) is 5.91 Å². The zero-order valence-electron chi connectivity index (χ0n) is 10.2. The summed E-state index contributed by atoms with van der Waals surface area (Å²) in [7, 11) is 0. The molecule has 19 heavy (non-hydrogen) atoms. The van der Waals surface area contributed by atoms with Gasteiger partial charge in [-0.25, -0.2) is 4.98 Å². The molecular formula is C14H14N2O3. The van der Waals surface area contributed by atoms with Crippen LogP contribution in [0.1, 0.15) is 0 Å². The van der Waals surface area contributed by atoms with Crippen LogP contribution in [0.15, 0.2) is 54.7 Å². The summed E-state index contributed by atoms with van der Waals surface area (Å²) in [4.78, 5) is 15.3. The maximum Gasteiger partial charge on any atom is 0.262 e. The lowest BCUT2D eigenvalue weighted by Gasteiger charge is -2.15. The molecule has 98 valence electrons. The van der Waals surface area contributed by atoms with Crippen LogP contribution in [0.4, 0.5) is 0 Å². The second-order valence-electron chi connectivity index (χ2n) is 3.80. The van der Waals surface area contributed by atoms with Crippen molar-refractivity contribution in [1.29, 1.82) is 0 Å². The standard InChI is InChI=1S/C14H14N2O3/c15-14(17)12(19-13-8-4-5-9-16-13)10-18-11-6-2-1-3-7-11/h1-9,12H,10H2,(H2,15,17). The molecule has 0 aliphatic heterocycles. The number of pyridine rings is 1. The Morgan fingerprint density at radius 1 is 1.16 bits per heavy atom. The molecule has 0 radical (unpaired) electrons. The van der Waals surface area contributed by atoms with Crippen LogP contribution in [0, 0.1) is 0 Å².